The maximum atomic E-state index is 12.5. The molecule has 5 aromatic rings. The minimum Gasteiger partial charge on any atom is -0.361 e. The molecule has 3 heterocycles. The molecule has 5 rings (SSSR count). The molecule has 2 aromatic carbocycles. The molecule has 0 radical (unpaired) electrons. The van der Waals surface area contributed by atoms with E-state index in [1.54, 1.807) is 18.3 Å². The first-order chi connectivity index (χ1) is 13.8. The van der Waals surface area contributed by atoms with Gasteiger partial charge in [0.2, 0.25) is 0 Å². The lowest BCUT2D eigenvalue weighted by molar-refractivity contribution is 0.0951. The summed E-state index contributed by atoms with van der Waals surface area (Å²) in [4.78, 5) is 19.9. The molecular formula is C21H16N6O. The van der Waals surface area contributed by atoms with Crippen LogP contribution in [0.1, 0.15) is 15.9 Å². The Morgan fingerprint density at radius 1 is 1.04 bits per heavy atom. The second kappa shape index (κ2) is 6.62. The van der Waals surface area contributed by atoms with Crippen molar-refractivity contribution in [2.75, 3.05) is 0 Å². The fraction of sp³-hybridized carbons (Fsp3) is 0.0476. The van der Waals surface area contributed by atoms with Crippen LogP contribution in [0.15, 0.2) is 73.2 Å². The van der Waals surface area contributed by atoms with Crippen molar-refractivity contribution in [1.29, 1.82) is 0 Å². The Balaban J connectivity index is 1.33. The number of carbonyl (C=O) groups excluding carboxylic acids is 1. The summed E-state index contributed by atoms with van der Waals surface area (Å²) >= 11 is 0. The second-order valence-electron chi connectivity index (χ2n) is 6.43. The van der Waals surface area contributed by atoms with E-state index in [2.05, 4.69) is 25.5 Å². The molecule has 0 saturated heterocycles. The number of fused-ring (bicyclic) bond motifs is 2. The number of nitrogens with one attached hydrogen (secondary N) is 2. The fourth-order valence-corrected chi connectivity index (χ4v) is 3.27. The van der Waals surface area contributed by atoms with E-state index < -0.39 is 0 Å². The quantitative estimate of drug-likeness (QED) is 0.510. The smallest absolute Gasteiger partial charge is 0.255 e. The molecule has 0 fully saturated rings. The van der Waals surface area contributed by atoms with Gasteiger partial charge in [0, 0.05) is 47.2 Å². The van der Waals surface area contributed by atoms with Gasteiger partial charge in [-0.1, -0.05) is 30.3 Å². The first kappa shape index (κ1) is 16.2. The van der Waals surface area contributed by atoms with Gasteiger partial charge in [0.05, 0.1) is 0 Å². The van der Waals surface area contributed by atoms with Gasteiger partial charge in [-0.3, -0.25) is 9.20 Å². The predicted octanol–water partition coefficient (Wildman–Crippen LogP) is 3.20. The van der Waals surface area contributed by atoms with E-state index in [-0.39, 0.29) is 5.91 Å². The minimum atomic E-state index is -0.121. The van der Waals surface area contributed by atoms with Gasteiger partial charge in [0.15, 0.2) is 5.82 Å². The number of aromatic nitrogens is 5. The zero-order valence-electron chi connectivity index (χ0n) is 14.8. The third kappa shape index (κ3) is 2.79. The number of hydrogen-bond donors (Lipinski definition) is 2. The lowest BCUT2D eigenvalue weighted by atomic mass is 10.1. The fourth-order valence-electron chi connectivity index (χ4n) is 3.27. The first-order valence-electron chi connectivity index (χ1n) is 8.89. The first-order valence-corrected chi connectivity index (χ1v) is 8.89. The summed E-state index contributed by atoms with van der Waals surface area (Å²) in [6, 6.07) is 17.2. The number of para-hydroxylation sites is 1. The van der Waals surface area contributed by atoms with Gasteiger partial charge in [-0.25, -0.2) is 4.98 Å². The topological polar surface area (TPSA) is 88.0 Å². The summed E-state index contributed by atoms with van der Waals surface area (Å²) in [7, 11) is 0. The lowest BCUT2D eigenvalue weighted by Gasteiger charge is -2.06. The van der Waals surface area contributed by atoms with E-state index in [4.69, 9.17) is 0 Å². The van der Waals surface area contributed by atoms with Crippen LogP contribution < -0.4 is 5.32 Å². The highest BCUT2D eigenvalue weighted by molar-refractivity contribution is 5.95. The molecule has 0 bridgehead atoms. The third-order valence-corrected chi connectivity index (χ3v) is 4.71. The van der Waals surface area contributed by atoms with Crippen LogP contribution in [0.3, 0.4) is 0 Å². The molecule has 0 aliphatic carbocycles. The molecule has 0 unspecified atom stereocenters. The van der Waals surface area contributed by atoms with Gasteiger partial charge < -0.3 is 10.3 Å². The van der Waals surface area contributed by atoms with E-state index in [1.807, 2.05) is 59.3 Å². The number of benzene rings is 2. The maximum absolute atomic E-state index is 12.5. The Labute approximate surface area is 160 Å². The Morgan fingerprint density at radius 2 is 1.89 bits per heavy atom. The Hall–Kier alpha value is -4.00. The molecule has 3 aromatic heterocycles. The van der Waals surface area contributed by atoms with Gasteiger partial charge in [-0.15, -0.1) is 10.2 Å². The number of carbonyl (C=O) groups is 1. The molecule has 28 heavy (non-hydrogen) atoms. The normalized spacial score (nSPS) is 11.1. The number of amides is 1. The average Bonchev–Trinajstić information content (AvgIpc) is 3.36. The van der Waals surface area contributed by atoms with Crippen molar-refractivity contribution >= 4 is 22.6 Å². The van der Waals surface area contributed by atoms with Crippen LogP contribution in [0.25, 0.3) is 28.1 Å². The summed E-state index contributed by atoms with van der Waals surface area (Å²) in [5.74, 6) is 1.11. The van der Waals surface area contributed by atoms with Crippen LogP contribution in [0.5, 0.6) is 0 Å². The van der Waals surface area contributed by atoms with Crippen molar-refractivity contribution in [3.63, 3.8) is 0 Å². The largest absolute Gasteiger partial charge is 0.361 e. The summed E-state index contributed by atoms with van der Waals surface area (Å²) in [5, 5.41) is 12.3. The summed E-state index contributed by atoms with van der Waals surface area (Å²) < 4.78 is 1.81. The van der Waals surface area contributed by atoms with E-state index in [9.17, 15) is 4.79 Å². The van der Waals surface area contributed by atoms with E-state index >= 15 is 0 Å². The SMILES string of the molecule is O=C(NCc1c[nH]c2ccccc12)c1ccc(-c2nnc3ncccn23)cc1. The molecule has 0 spiro atoms. The summed E-state index contributed by atoms with van der Waals surface area (Å²) in [6.07, 6.45) is 5.47. The summed E-state index contributed by atoms with van der Waals surface area (Å²) in [5.41, 5.74) is 3.58. The Kier molecular flexibility index (Phi) is 3.83. The molecular weight excluding hydrogens is 352 g/mol. The van der Waals surface area contributed by atoms with Crippen molar-refractivity contribution in [2.24, 2.45) is 0 Å². The van der Waals surface area contributed by atoms with Crippen molar-refractivity contribution in [1.82, 2.24) is 29.9 Å². The number of rotatable bonds is 4. The molecule has 0 saturated carbocycles. The van der Waals surface area contributed by atoms with Crippen LogP contribution in [-0.2, 0) is 6.54 Å². The van der Waals surface area contributed by atoms with Crippen LogP contribution in [-0.4, -0.2) is 30.5 Å². The number of aromatic amines is 1. The number of hydrogen-bond acceptors (Lipinski definition) is 4. The van der Waals surface area contributed by atoms with E-state index in [0.717, 1.165) is 22.0 Å². The zero-order valence-corrected chi connectivity index (χ0v) is 14.8. The highest BCUT2D eigenvalue weighted by Crippen LogP contribution is 2.19. The lowest BCUT2D eigenvalue weighted by Crippen LogP contribution is -2.22. The molecule has 7 nitrogen and oxygen atoms in total. The standard InChI is InChI=1S/C21H16N6O/c28-20(24-13-16-12-23-18-5-2-1-4-17(16)18)15-8-6-14(7-9-15)19-25-26-21-22-10-3-11-27(19)21/h1-12,23H,13H2,(H,24,28). The van der Waals surface area contributed by atoms with Crippen molar-refractivity contribution < 1.29 is 4.79 Å². The maximum Gasteiger partial charge on any atom is 0.255 e. The molecule has 0 aliphatic rings. The van der Waals surface area contributed by atoms with Crippen molar-refractivity contribution in [2.45, 2.75) is 6.54 Å². The number of H-pyrrole nitrogens is 1. The van der Waals surface area contributed by atoms with Gasteiger partial charge >= 0.3 is 0 Å². The molecule has 7 heteroatoms. The highest BCUT2D eigenvalue weighted by atomic mass is 16.1. The number of nitrogens with zero attached hydrogens (tertiary/aromatic N) is 4. The van der Waals surface area contributed by atoms with Gasteiger partial charge in [0.1, 0.15) is 0 Å². The highest BCUT2D eigenvalue weighted by Gasteiger charge is 2.11. The zero-order chi connectivity index (χ0) is 18.9. The predicted molar refractivity (Wildman–Crippen MR) is 106 cm³/mol. The molecule has 0 aliphatic heterocycles. The van der Waals surface area contributed by atoms with E-state index in [1.165, 1.54) is 0 Å². The van der Waals surface area contributed by atoms with Gasteiger partial charge in [-0.2, -0.15) is 0 Å². The van der Waals surface area contributed by atoms with Gasteiger partial charge in [0.25, 0.3) is 11.7 Å². The molecule has 136 valence electrons. The average molecular weight is 368 g/mol. The second-order valence-corrected chi connectivity index (χ2v) is 6.43. The van der Waals surface area contributed by atoms with Gasteiger partial charge in [-0.05, 0) is 29.8 Å². The Morgan fingerprint density at radius 3 is 2.79 bits per heavy atom. The van der Waals surface area contributed by atoms with Crippen molar-refractivity contribution in [3.8, 4) is 11.4 Å². The monoisotopic (exact) mass is 368 g/mol. The van der Waals surface area contributed by atoms with Crippen LogP contribution in [0, 0.1) is 0 Å². The van der Waals surface area contributed by atoms with Crippen LogP contribution in [0.4, 0.5) is 0 Å². The van der Waals surface area contributed by atoms with Crippen molar-refractivity contribution in [3.05, 3.63) is 84.3 Å². The van der Waals surface area contributed by atoms with Crippen LogP contribution >= 0.6 is 0 Å². The van der Waals surface area contributed by atoms with Crippen LogP contribution in [0.2, 0.25) is 0 Å². The van der Waals surface area contributed by atoms with E-state index in [0.29, 0.717) is 23.7 Å². The molecule has 1 amide bonds. The molecule has 0 atom stereocenters. The summed E-state index contributed by atoms with van der Waals surface area (Å²) in [6.45, 7) is 0.463. The Bertz CT molecular complexity index is 1290. The third-order valence-electron chi connectivity index (χ3n) is 4.71. The minimum absolute atomic E-state index is 0.121. The molecule has 2 N–H and O–H groups in total.